The zero-order chi connectivity index (χ0) is 17.1. The Kier molecular flexibility index (Phi) is 5.47. The van der Waals surface area contributed by atoms with Crippen molar-refractivity contribution in [2.45, 2.75) is 38.1 Å². The molecule has 0 radical (unpaired) electrons. The maximum Gasteiger partial charge on any atom is 0.247 e. The number of allylic oxidation sites excluding steroid dienone is 2. The van der Waals surface area contributed by atoms with Crippen LogP contribution in [0.15, 0.2) is 30.4 Å². The minimum Gasteiger partial charge on any atom is -0.330 e. The number of carbonyl (C=O) groups excluding carboxylic acids is 2. The van der Waals surface area contributed by atoms with E-state index in [2.05, 4.69) is 17.5 Å². The molecule has 1 N–H and O–H groups in total. The van der Waals surface area contributed by atoms with Crippen molar-refractivity contribution in [2.75, 3.05) is 11.9 Å². The van der Waals surface area contributed by atoms with Crippen LogP contribution in [0, 0.1) is 5.92 Å². The molecule has 0 spiro atoms. The fourth-order valence-corrected chi connectivity index (χ4v) is 3.70. The Morgan fingerprint density at radius 3 is 2.75 bits per heavy atom. The van der Waals surface area contributed by atoms with Crippen LogP contribution in [-0.4, -0.2) is 29.3 Å². The van der Waals surface area contributed by atoms with Gasteiger partial charge in [-0.25, -0.2) is 0 Å². The number of hydrogen-bond donors (Lipinski definition) is 1. The molecule has 4 nitrogen and oxygen atoms in total. The number of benzene rings is 1. The third-order valence-corrected chi connectivity index (χ3v) is 5.21. The summed E-state index contributed by atoms with van der Waals surface area (Å²) in [6.45, 7) is 0.639. The van der Waals surface area contributed by atoms with E-state index in [1.165, 1.54) is 0 Å². The highest BCUT2D eigenvalue weighted by atomic mass is 35.5. The van der Waals surface area contributed by atoms with Gasteiger partial charge in [-0.3, -0.25) is 9.59 Å². The first-order valence-electron chi connectivity index (χ1n) is 8.27. The van der Waals surface area contributed by atoms with E-state index in [1.54, 1.807) is 23.1 Å². The maximum atomic E-state index is 12.8. The molecule has 2 atom stereocenters. The van der Waals surface area contributed by atoms with Crippen molar-refractivity contribution >= 4 is 40.7 Å². The number of nitrogens with one attached hydrogen (secondary N) is 1. The summed E-state index contributed by atoms with van der Waals surface area (Å²) in [5.74, 6) is -0.108. The third kappa shape index (κ3) is 3.76. The van der Waals surface area contributed by atoms with E-state index in [0.717, 1.165) is 25.7 Å². The van der Waals surface area contributed by atoms with Gasteiger partial charge in [0, 0.05) is 17.5 Å². The summed E-state index contributed by atoms with van der Waals surface area (Å²) >= 11 is 12.1. The molecule has 128 valence electrons. The predicted octanol–water partition coefficient (Wildman–Crippen LogP) is 4.28. The summed E-state index contributed by atoms with van der Waals surface area (Å²) in [6.07, 6.45) is 8.25. The Morgan fingerprint density at radius 2 is 2.00 bits per heavy atom. The molecule has 1 fully saturated rings. The summed E-state index contributed by atoms with van der Waals surface area (Å²) in [5, 5.41) is 3.75. The van der Waals surface area contributed by atoms with E-state index in [0.29, 0.717) is 28.7 Å². The molecule has 6 heteroatoms. The number of halogens is 2. The van der Waals surface area contributed by atoms with E-state index in [9.17, 15) is 9.59 Å². The Hall–Kier alpha value is -1.52. The lowest BCUT2D eigenvalue weighted by atomic mass is 9.93. The molecule has 1 aliphatic heterocycles. The molecule has 2 aliphatic rings. The standard InChI is InChI=1S/C18H20Cl2N2O2/c19-13-8-9-14(20)15(11-13)21-17(23)16-7-4-10-22(16)18(24)12-5-2-1-3-6-12/h1-2,8-9,11-12,16H,3-7,10H2,(H,21,23)/t12-,16-/m0/s1. The van der Waals surface area contributed by atoms with Crippen LogP contribution in [0.25, 0.3) is 0 Å². The Balaban J connectivity index is 1.70. The van der Waals surface area contributed by atoms with Crippen molar-refractivity contribution in [1.29, 1.82) is 0 Å². The SMILES string of the molecule is O=C(Nc1cc(Cl)ccc1Cl)[C@@H]1CCCN1C(=O)[C@H]1CC=CCC1. The lowest BCUT2D eigenvalue weighted by Gasteiger charge is -2.28. The summed E-state index contributed by atoms with van der Waals surface area (Å²) < 4.78 is 0. The van der Waals surface area contributed by atoms with Gasteiger partial charge in [-0.2, -0.15) is 0 Å². The monoisotopic (exact) mass is 366 g/mol. The zero-order valence-electron chi connectivity index (χ0n) is 13.3. The average Bonchev–Trinajstić information content (AvgIpc) is 3.08. The third-order valence-electron chi connectivity index (χ3n) is 4.64. The van der Waals surface area contributed by atoms with Crippen molar-refractivity contribution in [1.82, 2.24) is 4.90 Å². The smallest absolute Gasteiger partial charge is 0.247 e. The summed E-state index contributed by atoms with van der Waals surface area (Å²) in [4.78, 5) is 27.1. The van der Waals surface area contributed by atoms with Crippen LogP contribution in [0.2, 0.25) is 10.0 Å². The normalized spacial score (nSPS) is 23.3. The number of amides is 2. The molecule has 1 saturated heterocycles. The van der Waals surface area contributed by atoms with Gasteiger partial charge < -0.3 is 10.2 Å². The van der Waals surface area contributed by atoms with E-state index in [4.69, 9.17) is 23.2 Å². The summed E-state index contributed by atoms with van der Waals surface area (Å²) in [7, 11) is 0. The van der Waals surface area contributed by atoms with Crippen LogP contribution < -0.4 is 5.32 Å². The number of rotatable bonds is 3. The van der Waals surface area contributed by atoms with Crippen molar-refractivity contribution in [2.24, 2.45) is 5.92 Å². The molecule has 2 amide bonds. The number of likely N-dealkylation sites (tertiary alicyclic amines) is 1. The Morgan fingerprint density at radius 1 is 1.17 bits per heavy atom. The van der Waals surface area contributed by atoms with Crippen molar-refractivity contribution < 1.29 is 9.59 Å². The van der Waals surface area contributed by atoms with Crippen molar-refractivity contribution in [3.63, 3.8) is 0 Å². The van der Waals surface area contributed by atoms with Crippen molar-refractivity contribution in [3.05, 3.63) is 40.4 Å². The second-order valence-corrected chi connectivity index (χ2v) is 7.13. The highest BCUT2D eigenvalue weighted by molar-refractivity contribution is 6.35. The van der Waals surface area contributed by atoms with E-state index >= 15 is 0 Å². The van der Waals surface area contributed by atoms with Gasteiger partial charge in [0.25, 0.3) is 0 Å². The molecule has 1 heterocycles. The van der Waals surface area contributed by atoms with Gasteiger partial charge in [0.1, 0.15) is 6.04 Å². The highest BCUT2D eigenvalue weighted by Crippen LogP contribution is 2.29. The molecule has 0 saturated carbocycles. The fraction of sp³-hybridized carbons (Fsp3) is 0.444. The van der Waals surface area contributed by atoms with Crippen molar-refractivity contribution in [3.8, 4) is 0 Å². The first kappa shape index (κ1) is 17.3. The fourth-order valence-electron chi connectivity index (χ4n) is 3.36. The Bertz CT molecular complexity index is 675. The molecular weight excluding hydrogens is 347 g/mol. The summed E-state index contributed by atoms with van der Waals surface area (Å²) in [6, 6.07) is 4.50. The van der Waals surface area contributed by atoms with Gasteiger partial charge in [-0.05, 0) is 50.3 Å². The van der Waals surface area contributed by atoms with E-state index in [-0.39, 0.29) is 17.7 Å². The van der Waals surface area contributed by atoms with E-state index in [1.807, 2.05) is 0 Å². The molecular formula is C18H20Cl2N2O2. The van der Waals surface area contributed by atoms with Crippen LogP contribution in [0.5, 0.6) is 0 Å². The first-order valence-corrected chi connectivity index (χ1v) is 9.03. The van der Waals surface area contributed by atoms with Gasteiger partial charge >= 0.3 is 0 Å². The largest absolute Gasteiger partial charge is 0.330 e. The molecule has 0 bridgehead atoms. The zero-order valence-corrected chi connectivity index (χ0v) is 14.8. The lowest BCUT2D eigenvalue weighted by Crippen LogP contribution is -2.45. The number of hydrogen-bond acceptors (Lipinski definition) is 2. The maximum absolute atomic E-state index is 12.8. The lowest BCUT2D eigenvalue weighted by molar-refractivity contribution is -0.140. The topological polar surface area (TPSA) is 49.4 Å². The van der Waals surface area contributed by atoms with Gasteiger partial charge in [-0.15, -0.1) is 0 Å². The Labute approximate surface area is 151 Å². The number of anilines is 1. The minimum absolute atomic E-state index is 0.00171. The molecule has 1 aromatic carbocycles. The second-order valence-electron chi connectivity index (χ2n) is 6.28. The molecule has 0 aromatic heterocycles. The molecule has 24 heavy (non-hydrogen) atoms. The molecule has 1 aromatic rings. The van der Waals surface area contributed by atoms with Crippen LogP contribution in [0.1, 0.15) is 32.1 Å². The van der Waals surface area contributed by atoms with Gasteiger partial charge in [0.05, 0.1) is 10.7 Å². The molecule has 3 rings (SSSR count). The molecule has 1 aliphatic carbocycles. The van der Waals surface area contributed by atoms with Gasteiger partial charge in [0.2, 0.25) is 11.8 Å². The first-order chi connectivity index (χ1) is 11.6. The minimum atomic E-state index is -0.432. The second kappa shape index (κ2) is 7.58. The predicted molar refractivity (Wildman–Crippen MR) is 96.3 cm³/mol. The summed E-state index contributed by atoms with van der Waals surface area (Å²) in [5.41, 5.74) is 0.481. The van der Waals surface area contributed by atoms with Gasteiger partial charge in [-0.1, -0.05) is 35.4 Å². The van der Waals surface area contributed by atoms with Crippen LogP contribution in [-0.2, 0) is 9.59 Å². The molecule has 0 unspecified atom stereocenters. The average molecular weight is 367 g/mol. The quantitative estimate of drug-likeness (QED) is 0.811. The van der Waals surface area contributed by atoms with E-state index < -0.39 is 6.04 Å². The van der Waals surface area contributed by atoms with Crippen LogP contribution >= 0.6 is 23.2 Å². The highest BCUT2D eigenvalue weighted by Gasteiger charge is 2.37. The number of nitrogens with zero attached hydrogens (tertiary/aromatic N) is 1. The van der Waals surface area contributed by atoms with Crippen LogP contribution in [0.3, 0.4) is 0 Å². The van der Waals surface area contributed by atoms with Gasteiger partial charge in [0.15, 0.2) is 0 Å². The number of carbonyl (C=O) groups is 2. The van der Waals surface area contributed by atoms with Crippen LogP contribution in [0.4, 0.5) is 5.69 Å².